The van der Waals surface area contributed by atoms with Crippen LogP contribution in [0.4, 0.5) is 0 Å². The van der Waals surface area contributed by atoms with Gasteiger partial charge >= 0.3 is 0 Å². The van der Waals surface area contributed by atoms with Crippen LogP contribution in [0.25, 0.3) is 0 Å². The number of aliphatic hydroxyl groups excluding tert-OH is 1. The molecule has 2 aromatic rings. The molecule has 17 heavy (non-hydrogen) atoms. The highest BCUT2D eigenvalue weighted by Gasteiger charge is 2.12. The van der Waals surface area contributed by atoms with E-state index in [1.54, 1.807) is 35.2 Å². The summed E-state index contributed by atoms with van der Waals surface area (Å²) in [6, 6.07) is 6.80. The summed E-state index contributed by atoms with van der Waals surface area (Å²) in [5, 5.41) is 23.2. The molecule has 4 N–H and O–H groups in total. The first kappa shape index (κ1) is 11.6. The lowest BCUT2D eigenvalue weighted by Crippen LogP contribution is -2.13. The van der Waals surface area contributed by atoms with Crippen LogP contribution in [-0.2, 0) is 0 Å². The third-order valence-corrected chi connectivity index (χ3v) is 2.97. The Balaban J connectivity index is 2.24. The minimum Gasteiger partial charge on any atom is -0.409 e. The summed E-state index contributed by atoms with van der Waals surface area (Å²) >= 11 is 1.43. The van der Waals surface area contributed by atoms with Crippen molar-refractivity contribution in [3.8, 4) is 0 Å². The molecule has 0 radical (unpaired) electrons. The average molecular weight is 249 g/mol. The molecule has 0 aliphatic heterocycles. The predicted octanol–water partition coefficient (Wildman–Crippen LogP) is 1.32. The third-order valence-electron chi connectivity index (χ3n) is 2.36. The molecule has 88 valence electrons. The van der Waals surface area contributed by atoms with Crippen LogP contribution in [0.3, 0.4) is 0 Å². The highest BCUT2D eigenvalue weighted by atomic mass is 32.1. The van der Waals surface area contributed by atoms with Crippen LogP contribution in [-0.4, -0.2) is 21.1 Å². The standard InChI is InChI=1S/C11H11N3O2S/c12-11(14-16)8-3-1-7(2-4-8)10(15)9-5-17-6-13-9/h1-6,10,15-16H,(H2,12,14). The number of nitrogens with two attached hydrogens (primary N) is 1. The number of aromatic nitrogens is 1. The molecule has 1 aromatic heterocycles. The van der Waals surface area contributed by atoms with Gasteiger partial charge in [0.1, 0.15) is 6.10 Å². The zero-order valence-electron chi connectivity index (χ0n) is 8.82. The van der Waals surface area contributed by atoms with Crippen molar-refractivity contribution in [3.63, 3.8) is 0 Å². The van der Waals surface area contributed by atoms with Gasteiger partial charge in [0.2, 0.25) is 0 Å². The number of aliphatic hydroxyl groups is 1. The smallest absolute Gasteiger partial charge is 0.170 e. The zero-order valence-corrected chi connectivity index (χ0v) is 9.63. The van der Waals surface area contributed by atoms with Crippen molar-refractivity contribution in [1.29, 1.82) is 0 Å². The summed E-state index contributed by atoms with van der Waals surface area (Å²) in [5.41, 5.74) is 9.04. The number of amidine groups is 1. The fourth-order valence-corrected chi connectivity index (χ4v) is 1.99. The number of benzene rings is 1. The van der Waals surface area contributed by atoms with Crippen molar-refractivity contribution >= 4 is 17.2 Å². The maximum Gasteiger partial charge on any atom is 0.170 e. The third kappa shape index (κ3) is 2.43. The van der Waals surface area contributed by atoms with E-state index in [0.717, 1.165) is 0 Å². The average Bonchev–Trinajstić information content (AvgIpc) is 2.91. The van der Waals surface area contributed by atoms with E-state index >= 15 is 0 Å². The molecule has 1 aromatic carbocycles. The normalized spacial score (nSPS) is 13.6. The largest absolute Gasteiger partial charge is 0.409 e. The Morgan fingerprint density at radius 3 is 2.59 bits per heavy atom. The molecule has 0 bridgehead atoms. The topological polar surface area (TPSA) is 91.7 Å². The minimum atomic E-state index is -0.748. The summed E-state index contributed by atoms with van der Waals surface area (Å²) in [4.78, 5) is 4.05. The SMILES string of the molecule is NC(=NO)c1ccc(C(O)c2cscn2)cc1. The second-order valence-corrected chi connectivity index (χ2v) is 4.14. The highest BCUT2D eigenvalue weighted by molar-refractivity contribution is 7.07. The Labute approximate surface area is 102 Å². The Kier molecular flexibility index (Phi) is 3.36. The quantitative estimate of drug-likeness (QED) is 0.331. The van der Waals surface area contributed by atoms with Gasteiger partial charge in [0, 0.05) is 10.9 Å². The van der Waals surface area contributed by atoms with Gasteiger partial charge in [0.15, 0.2) is 5.84 Å². The molecule has 0 fully saturated rings. The van der Waals surface area contributed by atoms with E-state index in [1.807, 2.05) is 0 Å². The van der Waals surface area contributed by atoms with Crippen LogP contribution in [0.1, 0.15) is 22.9 Å². The van der Waals surface area contributed by atoms with E-state index in [4.69, 9.17) is 10.9 Å². The summed E-state index contributed by atoms with van der Waals surface area (Å²) < 4.78 is 0. The van der Waals surface area contributed by atoms with Crippen molar-refractivity contribution in [2.24, 2.45) is 10.9 Å². The van der Waals surface area contributed by atoms with Crippen molar-refractivity contribution in [1.82, 2.24) is 4.98 Å². The van der Waals surface area contributed by atoms with Crippen LogP contribution in [0, 0.1) is 0 Å². The Morgan fingerprint density at radius 2 is 2.06 bits per heavy atom. The molecule has 1 unspecified atom stereocenters. The lowest BCUT2D eigenvalue weighted by Gasteiger charge is -2.08. The van der Waals surface area contributed by atoms with Gasteiger partial charge in [0.25, 0.3) is 0 Å². The molecule has 0 amide bonds. The predicted molar refractivity (Wildman–Crippen MR) is 65.1 cm³/mol. The molecule has 1 heterocycles. The van der Waals surface area contributed by atoms with Gasteiger partial charge < -0.3 is 16.0 Å². The van der Waals surface area contributed by atoms with Gasteiger partial charge in [0.05, 0.1) is 11.2 Å². The molecule has 0 saturated heterocycles. The second-order valence-electron chi connectivity index (χ2n) is 3.42. The van der Waals surface area contributed by atoms with Crippen LogP contribution >= 0.6 is 11.3 Å². The maximum atomic E-state index is 10.0. The zero-order chi connectivity index (χ0) is 12.3. The van der Waals surface area contributed by atoms with Gasteiger partial charge in [-0.2, -0.15) is 0 Å². The van der Waals surface area contributed by atoms with Crippen molar-refractivity contribution in [3.05, 3.63) is 52.0 Å². The van der Waals surface area contributed by atoms with Crippen molar-refractivity contribution in [2.45, 2.75) is 6.10 Å². The molecule has 1 atom stereocenters. The molecular formula is C11H11N3O2S. The molecule has 6 heteroatoms. The maximum absolute atomic E-state index is 10.0. The first-order valence-electron chi connectivity index (χ1n) is 4.86. The number of oxime groups is 1. The first-order chi connectivity index (χ1) is 8.22. The van der Waals surface area contributed by atoms with Gasteiger partial charge in [-0.25, -0.2) is 4.98 Å². The van der Waals surface area contributed by atoms with Gasteiger partial charge in [-0.05, 0) is 5.56 Å². The van der Waals surface area contributed by atoms with Crippen LogP contribution in [0.5, 0.6) is 0 Å². The molecule has 0 saturated carbocycles. The molecular weight excluding hydrogens is 238 g/mol. The summed E-state index contributed by atoms with van der Waals surface area (Å²) in [5.74, 6) is 0.0414. The fraction of sp³-hybridized carbons (Fsp3) is 0.0909. The lowest BCUT2D eigenvalue weighted by atomic mass is 10.0. The number of hydrogen-bond acceptors (Lipinski definition) is 5. The number of nitrogens with zero attached hydrogens (tertiary/aromatic N) is 2. The van der Waals surface area contributed by atoms with Gasteiger partial charge in [-0.1, -0.05) is 29.4 Å². The highest BCUT2D eigenvalue weighted by Crippen LogP contribution is 2.21. The van der Waals surface area contributed by atoms with E-state index < -0.39 is 6.10 Å². The summed E-state index contributed by atoms with van der Waals surface area (Å²) in [6.07, 6.45) is -0.748. The second kappa shape index (κ2) is 4.94. The van der Waals surface area contributed by atoms with E-state index in [2.05, 4.69) is 10.1 Å². The number of hydrogen-bond donors (Lipinski definition) is 3. The monoisotopic (exact) mass is 249 g/mol. The van der Waals surface area contributed by atoms with Crippen molar-refractivity contribution in [2.75, 3.05) is 0 Å². The van der Waals surface area contributed by atoms with Gasteiger partial charge in [-0.3, -0.25) is 0 Å². The number of rotatable bonds is 3. The lowest BCUT2D eigenvalue weighted by molar-refractivity contribution is 0.216. The fourth-order valence-electron chi connectivity index (χ4n) is 1.42. The summed E-state index contributed by atoms with van der Waals surface area (Å²) in [7, 11) is 0. The molecule has 0 spiro atoms. The molecule has 0 aliphatic rings. The Morgan fingerprint density at radius 1 is 1.35 bits per heavy atom. The minimum absolute atomic E-state index is 0.0414. The summed E-state index contributed by atoms with van der Waals surface area (Å²) in [6.45, 7) is 0. The Hall–Kier alpha value is -1.92. The van der Waals surface area contributed by atoms with Crippen LogP contribution in [0.2, 0.25) is 0 Å². The van der Waals surface area contributed by atoms with Crippen molar-refractivity contribution < 1.29 is 10.3 Å². The first-order valence-corrected chi connectivity index (χ1v) is 5.80. The van der Waals surface area contributed by atoms with E-state index in [-0.39, 0.29) is 5.84 Å². The number of thiazole rings is 1. The molecule has 2 rings (SSSR count). The van der Waals surface area contributed by atoms with Crippen LogP contribution < -0.4 is 5.73 Å². The Bertz CT molecular complexity index is 508. The molecule has 5 nitrogen and oxygen atoms in total. The van der Waals surface area contributed by atoms with E-state index in [0.29, 0.717) is 16.8 Å². The van der Waals surface area contributed by atoms with E-state index in [1.165, 1.54) is 11.3 Å². The van der Waals surface area contributed by atoms with E-state index in [9.17, 15) is 5.11 Å². The van der Waals surface area contributed by atoms with Crippen LogP contribution in [0.15, 0.2) is 40.3 Å². The van der Waals surface area contributed by atoms with Gasteiger partial charge in [-0.15, -0.1) is 11.3 Å². The molecule has 0 aliphatic carbocycles.